The van der Waals surface area contributed by atoms with Crippen LogP contribution in [0.2, 0.25) is 5.31 Å². The summed E-state index contributed by atoms with van der Waals surface area (Å²) in [6.45, 7) is 2.17. The monoisotopic (exact) mass is 188 g/mol. The minimum atomic E-state index is 0.105. The zero-order valence-corrected chi connectivity index (χ0v) is 9.12. The molecule has 1 aliphatic carbocycles. The maximum atomic E-state index is 5.76. The highest BCUT2D eigenvalue weighted by Crippen LogP contribution is 2.26. The highest BCUT2D eigenvalue weighted by molar-refractivity contribution is 6.18. The van der Waals surface area contributed by atoms with Gasteiger partial charge >= 0.3 is 0 Å². The summed E-state index contributed by atoms with van der Waals surface area (Å²) >= 11 is 0. The Morgan fingerprint density at radius 1 is 1.57 bits per heavy atom. The van der Waals surface area contributed by atoms with Crippen LogP contribution in [0.25, 0.3) is 0 Å². The third-order valence-electron chi connectivity index (χ3n) is 2.25. The minimum Gasteiger partial charge on any atom is -0.384 e. The maximum Gasteiger partial charge on any atom is 0.125 e. The molecule has 0 saturated heterocycles. The summed E-state index contributed by atoms with van der Waals surface area (Å²) in [6.07, 6.45) is 11.6. The van der Waals surface area contributed by atoms with Gasteiger partial charge in [0.25, 0.3) is 0 Å². The molecule has 1 atom stereocenters. The van der Waals surface area contributed by atoms with Crippen LogP contribution in [0.15, 0.2) is 40.9 Å². The van der Waals surface area contributed by atoms with E-state index in [0.717, 1.165) is 12.0 Å². The Bertz CT molecular complexity index is 322. The fourth-order valence-corrected chi connectivity index (χ4v) is 1.31. The van der Waals surface area contributed by atoms with Crippen molar-refractivity contribution in [2.45, 2.75) is 18.7 Å². The second-order valence-electron chi connectivity index (χ2n) is 4.06. The van der Waals surface area contributed by atoms with E-state index in [9.17, 15) is 0 Å². The Kier molecular flexibility index (Phi) is 3.34. The minimum absolute atomic E-state index is 0.105. The Labute approximate surface area is 86.7 Å². The molecular weight excluding hydrogens is 171 g/mol. The second-order valence-corrected chi connectivity index (χ2v) is 4.06. The van der Waals surface area contributed by atoms with E-state index in [1.165, 1.54) is 0 Å². The van der Waals surface area contributed by atoms with E-state index >= 15 is 0 Å². The van der Waals surface area contributed by atoms with E-state index < -0.39 is 0 Å². The molecule has 3 heteroatoms. The van der Waals surface area contributed by atoms with Crippen molar-refractivity contribution in [3.8, 4) is 0 Å². The van der Waals surface area contributed by atoms with E-state index in [2.05, 4.69) is 44.1 Å². The Hall–Kier alpha value is -1.25. The average Bonchev–Trinajstić information content (AvgIpc) is 2.12. The molecule has 0 fully saturated rings. The van der Waals surface area contributed by atoms with Crippen molar-refractivity contribution in [2.75, 3.05) is 7.05 Å². The lowest BCUT2D eigenvalue weighted by Crippen LogP contribution is -2.14. The first-order valence-corrected chi connectivity index (χ1v) is 4.85. The molecule has 2 N–H and O–H groups in total. The van der Waals surface area contributed by atoms with Crippen LogP contribution >= 0.6 is 0 Å². The molecule has 74 valence electrons. The summed E-state index contributed by atoms with van der Waals surface area (Å²) in [5.74, 6) is 0.604. The lowest BCUT2D eigenvalue weighted by Gasteiger charge is -2.16. The molecule has 0 saturated carbocycles. The molecule has 0 radical (unpaired) electrons. The molecule has 1 unspecified atom stereocenters. The molecular formula is C11H17BN2. The normalized spacial score (nSPS) is 32.7. The molecule has 0 amide bonds. The van der Waals surface area contributed by atoms with Gasteiger partial charge in [0.2, 0.25) is 0 Å². The third-order valence-corrected chi connectivity index (χ3v) is 2.25. The fraction of sp³-hybridized carbons (Fsp3) is 0.364. The molecule has 0 spiro atoms. The van der Waals surface area contributed by atoms with Crippen LogP contribution in [0, 0.1) is 0 Å². The van der Waals surface area contributed by atoms with Gasteiger partial charge in [-0.2, -0.15) is 0 Å². The SMILES string of the molecule is BC1(C)/C=C\CC=C(/C(N)=N/C)/C=C\1. The number of hydrogen-bond donors (Lipinski definition) is 1. The van der Waals surface area contributed by atoms with E-state index in [-0.39, 0.29) is 5.31 Å². The molecule has 14 heavy (non-hydrogen) atoms. The fourth-order valence-electron chi connectivity index (χ4n) is 1.31. The van der Waals surface area contributed by atoms with Gasteiger partial charge in [-0.3, -0.25) is 4.99 Å². The first-order valence-electron chi connectivity index (χ1n) is 4.85. The summed E-state index contributed by atoms with van der Waals surface area (Å²) < 4.78 is 0. The summed E-state index contributed by atoms with van der Waals surface area (Å²) in [6, 6.07) is 0. The van der Waals surface area contributed by atoms with Crippen LogP contribution in [0.1, 0.15) is 13.3 Å². The number of allylic oxidation sites excluding steroid dienone is 4. The quantitative estimate of drug-likeness (QED) is 0.286. The largest absolute Gasteiger partial charge is 0.384 e. The van der Waals surface area contributed by atoms with Crippen molar-refractivity contribution in [2.24, 2.45) is 10.7 Å². The zero-order valence-electron chi connectivity index (χ0n) is 9.12. The summed E-state index contributed by atoms with van der Waals surface area (Å²) in [5.41, 5.74) is 6.78. The van der Waals surface area contributed by atoms with E-state index in [4.69, 9.17) is 5.73 Å². The summed E-state index contributed by atoms with van der Waals surface area (Å²) in [5, 5.41) is 0.105. The van der Waals surface area contributed by atoms with Gasteiger partial charge in [-0.05, 0) is 11.7 Å². The molecule has 0 aromatic rings. The first kappa shape index (κ1) is 10.8. The molecule has 0 aromatic heterocycles. The van der Waals surface area contributed by atoms with E-state index in [1.54, 1.807) is 7.05 Å². The lowest BCUT2D eigenvalue weighted by molar-refractivity contribution is 0.957. The maximum absolute atomic E-state index is 5.76. The van der Waals surface area contributed by atoms with Gasteiger partial charge < -0.3 is 5.73 Å². The van der Waals surface area contributed by atoms with Gasteiger partial charge in [-0.15, -0.1) is 0 Å². The van der Waals surface area contributed by atoms with E-state index in [1.807, 2.05) is 6.08 Å². The molecule has 0 aromatic carbocycles. The topological polar surface area (TPSA) is 38.4 Å². The summed E-state index contributed by atoms with van der Waals surface area (Å²) in [4.78, 5) is 3.98. The van der Waals surface area contributed by atoms with Crippen molar-refractivity contribution in [3.63, 3.8) is 0 Å². The molecule has 0 heterocycles. The van der Waals surface area contributed by atoms with Crippen LogP contribution < -0.4 is 5.73 Å². The Morgan fingerprint density at radius 3 is 2.93 bits per heavy atom. The van der Waals surface area contributed by atoms with Crippen LogP contribution in [0.3, 0.4) is 0 Å². The molecule has 0 aliphatic heterocycles. The molecule has 1 rings (SSSR count). The van der Waals surface area contributed by atoms with Gasteiger partial charge in [0.05, 0.1) is 0 Å². The van der Waals surface area contributed by atoms with Crippen LogP contribution in [0.5, 0.6) is 0 Å². The first-order chi connectivity index (χ1) is 6.55. The van der Waals surface area contributed by atoms with Gasteiger partial charge in [0, 0.05) is 12.6 Å². The smallest absolute Gasteiger partial charge is 0.125 e. The van der Waals surface area contributed by atoms with Crippen molar-refractivity contribution in [1.82, 2.24) is 0 Å². The third kappa shape index (κ3) is 2.91. The van der Waals surface area contributed by atoms with Crippen LogP contribution in [-0.2, 0) is 0 Å². The second kappa shape index (κ2) is 4.31. The lowest BCUT2D eigenvalue weighted by atomic mass is 9.69. The zero-order chi connectivity index (χ0) is 10.6. The number of rotatable bonds is 1. The number of amidine groups is 1. The predicted molar refractivity (Wildman–Crippen MR) is 65.4 cm³/mol. The van der Waals surface area contributed by atoms with Crippen molar-refractivity contribution >= 4 is 13.7 Å². The number of nitrogens with zero attached hydrogens (tertiary/aromatic N) is 1. The van der Waals surface area contributed by atoms with Gasteiger partial charge in [-0.1, -0.05) is 37.3 Å². The number of nitrogens with two attached hydrogens (primary N) is 1. The van der Waals surface area contributed by atoms with Gasteiger partial charge in [0.1, 0.15) is 13.7 Å². The summed E-state index contributed by atoms with van der Waals surface area (Å²) in [7, 11) is 3.88. The van der Waals surface area contributed by atoms with Crippen molar-refractivity contribution in [3.05, 3.63) is 36.0 Å². The highest BCUT2D eigenvalue weighted by atomic mass is 14.8. The van der Waals surface area contributed by atoms with Gasteiger partial charge in [0.15, 0.2) is 0 Å². The Morgan fingerprint density at radius 2 is 2.29 bits per heavy atom. The molecule has 2 nitrogen and oxygen atoms in total. The molecule has 1 aliphatic rings. The van der Waals surface area contributed by atoms with E-state index in [0.29, 0.717) is 5.84 Å². The number of hydrogen-bond acceptors (Lipinski definition) is 1. The average molecular weight is 188 g/mol. The van der Waals surface area contributed by atoms with Crippen LogP contribution in [-0.4, -0.2) is 20.7 Å². The standard InChI is InChI=1S/C11H17BN2/c1-11(12)7-4-3-5-9(6-8-11)10(13)14-2/h4-8H,3,12H2,1-2H3,(H2,13,14)/b7-4-,8-6-,9-5?. The molecule has 0 bridgehead atoms. The van der Waals surface area contributed by atoms with Crippen molar-refractivity contribution < 1.29 is 0 Å². The number of aliphatic imine (C=N–C) groups is 1. The van der Waals surface area contributed by atoms with Crippen molar-refractivity contribution in [1.29, 1.82) is 0 Å². The predicted octanol–water partition coefficient (Wildman–Crippen LogP) is 1.23. The highest BCUT2D eigenvalue weighted by Gasteiger charge is 2.10. The van der Waals surface area contributed by atoms with Gasteiger partial charge in [-0.25, -0.2) is 0 Å². The Balaban J connectivity index is 2.97. The van der Waals surface area contributed by atoms with Crippen LogP contribution in [0.4, 0.5) is 0 Å².